The largest absolute Gasteiger partial charge is 0.479 e. The molecule has 8 heteroatoms. The molecule has 1 N–H and O–H groups in total. The summed E-state index contributed by atoms with van der Waals surface area (Å²) in [6.07, 6.45) is -0.709. The number of carbonyl (C=O) groups is 1. The number of aromatic nitrogens is 2. The number of benzene rings is 2. The molecule has 1 amide bonds. The van der Waals surface area contributed by atoms with Crippen molar-refractivity contribution >= 4 is 45.7 Å². The third-order valence-corrected chi connectivity index (χ3v) is 5.71. The maximum absolute atomic E-state index is 12.3. The molecule has 0 aliphatic carbocycles. The van der Waals surface area contributed by atoms with Crippen molar-refractivity contribution in [3.63, 3.8) is 0 Å². The van der Waals surface area contributed by atoms with Crippen LogP contribution in [0.2, 0.25) is 5.02 Å². The fraction of sp³-hybridized carbons (Fsp3) is 0.167. The molecule has 134 valence electrons. The van der Waals surface area contributed by atoms with E-state index in [0.717, 1.165) is 10.1 Å². The van der Waals surface area contributed by atoms with Crippen molar-refractivity contribution in [1.29, 1.82) is 0 Å². The molecule has 3 rings (SSSR count). The lowest BCUT2D eigenvalue weighted by molar-refractivity contribution is -0.122. The van der Waals surface area contributed by atoms with Crippen molar-refractivity contribution in [3.05, 3.63) is 65.2 Å². The number of thioether (sulfide) groups is 1. The van der Waals surface area contributed by atoms with Gasteiger partial charge in [0.1, 0.15) is 5.75 Å². The molecule has 1 aromatic heterocycles. The minimum absolute atomic E-state index is 0.305. The van der Waals surface area contributed by atoms with Gasteiger partial charge in [-0.25, -0.2) is 0 Å². The van der Waals surface area contributed by atoms with Gasteiger partial charge in [0.15, 0.2) is 10.4 Å². The van der Waals surface area contributed by atoms with Crippen LogP contribution in [0.25, 0.3) is 0 Å². The van der Waals surface area contributed by atoms with Gasteiger partial charge in [0.2, 0.25) is 5.13 Å². The molecule has 1 heterocycles. The lowest BCUT2D eigenvalue weighted by Gasteiger charge is -2.14. The molecule has 0 fully saturated rings. The zero-order chi connectivity index (χ0) is 18.4. The minimum atomic E-state index is -0.709. The Kier molecular flexibility index (Phi) is 6.49. The van der Waals surface area contributed by atoms with E-state index >= 15 is 0 Å². The first-order valence-electron chi connectivity index (χ1n) is 7.84. The first-order chi connectivity index (χ1) is 12.6. The summed E-state index contributed by atoms with van der Waals surface area (Å²) in [4.78, 5) is 12.3. The summed E-state index contributed by atoms with van der Waals surface area (Å²) in [6.45, 7) is 1.66. The van der Waals surface area contributed by atoms with Gasteiger partial charge in [0.25, 0.3) is 5.91 Å². The van der Waals surface area contributed by atoms with Gasteiger partial charge in [-0.1, -0.05) is 77.2 Å². The summed E-state index contributed by atoms with van der Waals surface area (Å²) in [5.74, 6) is 0.962. The molecule has 0 spiro atoms. The summed E-state index contributed by atoms with van der Waals surface area (Å²) >= 11 is 8.96. The number of hydrogen-bond acceptors (Lipinski definition) is 6. The highest BCUT2D eigenvalue weighted by atomic mass is 35.5. The normalized spacial score (nSPS) is 11.8. The van der Waals surface area contributed by atoms with Gasteiger partial charge in [-0.05, 0) is 24.6 Å². The number of nitrogens with one attached hydrogen (secondary N) is 1. The van der Waals surface area contributed by atoms with E-state index in [4.69, 9.17) is 16.3 Å². The topological polar surface area (TPSA) is 64.1 Å². The van der Waals surface area contributed by atoms with Crippen molar-refractivity contribution in [1.82, 2.24) is 10.2 Å². The van der Waals surface area contributed by atoms with Crippen LogP contribution in [-0.2, 0) is 10.5 Å². The molecule has 0 bridgehead atoms. The Morgan fingerprint density at radius 3 is 2.69 bits per heavy atom. The van der Waals surface area contributed by atoms with Crippen LogP contribution in [0.3, 0.4) is 0 Å². The van der Waals surface area contributed by atoms with Gasteiger partial charge >= 0.3 is 0 Å². The molecular formula is C18H16ClN3O2S2. The van der Waals surface area contributed by atoms with Crippen LogP contribution in [0.5, 0.6) is 5.75 Å². The molecule has 5 nitrogen and oxygen atoms in total. The van der Waals surface area contributed by atoms with Crippen molar-refractivity contribution in [3.8, 4) is 5.75 Å². The standard InChI is InChI=1S/C18H16ClN3O2S2/c1-12(24-15-10-6-5-9-14(15)19)16(23)20-17-21-22-18(26-17)25-11-13-7-3-2-4-8-13/h2-10,12H,11H2,1H3,(H,20,21,23)/t12-/m0/s1. The average Bonchev–Trinajstić information content (AvgIpc) is 3.10. The van der Waals surface area contributed by atoms with E-state index in [1.165, 1.54) is 16.9 Å². The predicted molar refractivity (Wildman–Crippen MR) is 106 cm³/mol. The van der Waals surface area contributed by atoms with Gasteiger partial charge in [-0.15, -0.1) is 10.2 Å². The molecule has 1 atom stereocenters. The predicted octanol–water partition coefficient (Wildman–Crippen LogP) is 4.89. The highest BCUT2D eigenvalue weighted by Crippen LogP contribution is 2.29. The monoisotopic (exact) mass is 405 g/mol. The fourth-order valence-electron chi connectivity index (χ4n) is 2.03. The second-order valence-electron chi connectivity index (χ2n) is 5.33. The molecule has 2 aromatic carbocycles. The van der Waals surface area contributed by atoms with Crippen LogP contribution in [0, 0.1) is 0 Å². The number of amides is 1. The van der Waals surface area contributed by atoms with Gasteiger partial charge in [-0.2, -0.15) is 0 Å². The lowest BCUT2D eigenvalue weighted by Crippen LogP contribution is -2.30. The smallest absolute Gasteiger partial charge is 0.266 e. The Morgan fingerprint density at radius 2 is 1.92 bits per heavy atom. The number of ether oxygens (including phenoxy) is 1. The Balaban J connectivity index is 1.53. The number of nitrogens with zero attached hydrogens (tertiary/aromatic N) is 2. The van der Waals surface area contributed by atoms with Crippen molar-refractivity contribution in [2.75, 3.05) is 5.32 Å². The molecule has 26 heavy (non-hydrogen) atoms. The number of para-hydroxylation sites is 1. The van der Waals surface area contributed by atoms with Gasteiger partial charge in [-0.3, -0.25) is 10.1 Å². The van der Waals surface area contributed by atoms with Gasteiger partial charge in [0, 0.05) is 5.75 Å². The molecule has 0 saturated carbocycles. The van der Waals surface area contributed by atoms with E-state index in [2.05, 4.69) is 27.6 Å². The number of anilines is 1. The maximum Gasteiger partial charge on any atom is 0.266 e. The van der Waals surface area contributed by atoms with Crippen LogP contribution < -0.4 is 10.1 Å². The zero-order valence-corrected chi connectivity index (χ0v) is 16.3. The third kappa shape index (κ3) is 5.20. The molecule has 0 saturated heterocycles. The second-order valence-corrected chi connectivity index (χ2v) is 7.93. The Bertz CT molecular complexity index is 874. The molecule has 3 aromatic rings. The Labute approximate surface area is 164 Å². The van der Waals surface area contributed by atoms with Crippen LogP contribution in [0.15, 0.2) is 58.9 Å². The van der Waals surface area contributed by atoms with E-state index in [-0.39, 0.29) is 5.91 Å². The van der Waals surface area contributed by atoms with Crippen molar-refractivity contribution in [2.45, 2.75) is 23.1 Å². The highest BCUT2D eigenvalue weighted by molar-refractivity contribution is 8.00. The summed E-state index contributed by atoms with van der Waals surface area (Å²) < 4.78 is 6.39. The third-order valence-electron chi connectivity index (χ3n) is 3.35. The van der Waals surface area contributed by atoms with Crippen LogP contribution >= 0.6 is 34.7 Å². The molecule has 0 aliphatic rings. The summed E-state index contributed by atoms with van der Waals surface area (Å²) in [7, 11) is 0. The second kappa shape index (κ2) is 9.02. The SMILES string of the molecule is C[C@H](Oc1ccccc1Cl)C(=O)Nc1nnc(SCc2ccccc2)s1. The van der Waals surface area contributed by atoms with E-state index in [1.54, 1.807) is 43.0 Å². The fourth-order valence-corrected chi connectivity index (χ4v) is 3.92. The van der Waals surface area contributed by atoms with Crippen LogP contribution in [0.4, 0.5) is 5.13 Å². The van der Waals surface area contributed by atoms with E-state index in [1.807, 2.05) is 18.2 Å². The molecular weight excluding hydrogens is 390 g/mol. The Morgan fingerprint density at radius 1 is 1.19 bits per heavy atom. The first kappa shape index (κ1) is 18.7. The highest BCUT2D eigenvalue weighted by Gasteiger charge is 2.18. The summed E-state index contributed by atoms with van der Waals surface area (Å²) in [5.41, 5.74) is 1.21. The number of carbonyl (C=O) groups excluding carboxylic acids is 1. The zero-order valence-electron chi connectivity index (χ0n) is 13.9. The lowest BCUT2D eigenvalue weighted by atomic mass is 10.2. The number of halogens is 1. The van der Waals surface area contributed by atoms with Gasteiger partial charge in [0.05, 0.1) is 5.02 Å². The molecule has 0 unspecified atom stereocenters. The quantitative estimate of drug-likeness (QED) is 0.448. The number of rotatable bonds is 7. The number of hydrogen-bond donors (Lipinski definition) is 1. The van der Waals surface area contributed by atoms with E-state index in [0.29, 0.717) is 15.9 Å². The minimum Gasteiger partial charge on any atom is -0.479 e. The summed E-state index contributed by atoms with van der Waals surface area (Å²) in [5, 5.41) is 11.7. The summed E-state index contributed by atoms with van der Waals surface area (Å²) in [6, 6.07) is 17.1. The van der Waals surface area contributed by atoms with E-state index < -0.39 is 6.10 Å². The van der Waals surface area contributed by atoms with Crippen molar-refractivity contribution in [2.24, 2.45) is 0 Å². The van der Waals surface area contributed by atoms with Crippen molar-refractivity contribution < 1.29 is 9.53 Å². The Hall–Kier alpha value is -2.09. The van der Waals surface area contributed by atoms with E-state index in [9.17, 15) is 4.79 Å². The molecule has 0 aliphatic heterocycles. The van der Waals surface area contributed by atoms with Crippen LogP contribution in [0.1, 0.15) is 12.5 Å². The average molecular weight is 406 g/mol. The maximum atomic E-state index is 12.3. The van der Waals surface area contributed by atoms with Crippen LogP contribution in [-0.4, -0.2) is 22.2 Å². The van der Waals surface area contributed by atoms with Gasteiger partial charge < -0.3 is 4.74 Å². The molecule has 0 radical (unpaired) electrons. The first-order valence-corrected chi connectivity index (χ1v) is 10.0.